The number of carbonyl (C=O) groups is 1. The molecule has 0 unspecified atom stereocenters. The summed E-state index contributed by atoms with van der Waals surface area (Å²) in [6, 6.07) is 20.0. The van der Waals surface area contributed by atoms with E-state index in [4.69, 9.17) is 9.26 Å². The van der Waals surface area contributed by atoms with E-state index >= 15 is 0 Å². The maximum atomic E-state index is 14.0. The second-order valence-corrected chi connectivity index (χ2v) is 6.13. The van der Waals surface area contributed by atoms with Gasteiger partial charge in [-0.25, -0.2) is 4.39 Å². The minimum Gasteiger partial charge on any atom is -0.497 e. The monoisotopic (exact) mass is 389 g/mol. The summed E-state index contributed by atoms with van der Waals surface area (Å²) >= 11 is 0. The Bertz CT molecular complexity index is 1170. The fraction of sp³-hybridized carbons (Fsp3) is 0.0455. The van der Waals surface area contributed by atoms with Crippen LogP contribution in [0.2, 0.25) is 0 Å². The lowest BCUT2D eigenvalue weighted by molar-refractivity contribution is 0.102. The molecule has 0 fully saturated rings. The molecule has 6 nitrogen and oxygen atoms in total. The van der Waals surface area contributed by atoms with E-state index in [-0.39, 0.29) is 23.2 Å². The number of nitrogens with zero attached hydrogens (tertiary/aromatic N) is 2. The topological polar surface area (TPSA) is 77.2 Å². The Labute approximate surface area is 166 Å². The SMILES string of the molecule is COc1cccc(NC(=O)c2ccccc2-c2nc(-c3ccccc3F)no2)c1. The van der Waals surface area contributed by atoms with Crippen LogP contribution in [0.1, 0.15) is 10.4 Å². The summed E-state index contributed by atoms with van der Waals surface area (Å²) in [6.45, 7) is 0. The number of hydrogen-bond donors (Lipinski definition) is 1. The van der Waals surface area contributed by atoms with Crippen LogP contribution in [0.25, 0.3) is 22.8 Å². The summed E-state index contributed by atoms with van der Waals surface area (Å²) in [6.07, 6.45) is 0. The third-order valence-corrected chi connectivity index (χ3v) is 4.27. The zero-order valence-corrected chi connectivity index (χ0v) is 15.4. The largest absolute Gasteiger partial charge is 0.497 e. The Kier molecular flexibility index (Phi) is 5.03. The van der Waals surface area contributed by atoms with Gasteiger partial charge in [0.05, 0.1) is 23.8 Å². The van der Waals surface area contributed by atoms with Crippen LogP contribution in [-0.2, 0) is 0 Å². The number of anilines is 1. The molecule has 0 saturated carbocycles. The number of methoxy groups -OCH3 is 1. The molecule has 0 aliphatic rings. The summed E-state index contributed by atoms with van der Waals surface area (Å²) in [7, 11) is 1.55. The molecule has 144 valence electrons. The highest BCUT2D eigenvalue weighted by atomic mass is 19.1. The van der Waals surface area contributed by atoms with Crippen molar-refractivity contribution in [3.63, 3.8) is 0 Å². The van der Waals surface area contributed by atoms with Gasteiger partial charge in [-0.15, -0.1) is 0 Å². The van der Waals surface area contributed by atoms with E-state index in [1.165, 1.54) is 6.07 Å². The van der Waals surface area contributed by atoms with Crippen LogP contribution in [0.5, 0.6) is 5.75 Å². The van der Waals surface area contributed by atoms with Crippen molar-refractivity contribution < 1.29 is 18.4 Å². The zero-order chi connectivity index (χ0) is 20.2. The molecule has 1 N–H and O–H groups in total. The molecule has 0 spiro atoms. The number of nitrogens with one attached hydrogen (secondary N) is 1. The number of amides is 1. The minimum atomic E-state index is -0.455. The van der Waals surface area contributed by atoms with Gasteiger partial charge in [0.2, 0.25) is 5.82 Å². The standard InChI is InChI=1S/C22H16FN3O3/c1-28-15-8-6-7-14(13-15)24-21(27)16-9-2-3-10-17(16)22-25-20(26-29-22)18-11-4-5-12-19(18)23/h2-13H,1H3,(H,24,27). The van der Waals surface area contributed by atoms with Crippen LogP contribution < -0.4 is 10.1 Å². The molecule has 0 aliphatic carbocycles. The normalized spacial score (nSPS) is 10.6. The Hall–Kier alpha value is -4.00. The van der Waals surface area contributed by atoms with Gasteiger partial charge in [0.1, 0.15) is 11.6 Å². The third kappa shape index (κ3) is 3.84. The predicted octanol–water partition coefficient (Wildman–Crippen LogP) is 4.80. The van der Waals surface area contributed by atoms with Crippen molar-refractivity contribution in [1.29, 1.82) is 0 Å². The van der Waals surface area contributed by atoms with Crippen molar-refractivity contribution >= 4 is 11.6 Å². The van der Waals surface area contributed by atoms with E-state index in [0.717, 1.165) is 0 Å². The van der Waals surface area contributed by atoms with Gasteiger partial charge in [0.25, 0.3) is 11.8 Å². The van der Waals surface area contributed by atoms with E-state index in [1.54, 1.807) is 73.8 Å². The lowest BCUT2D eigenvalue weighted by atomic mass is 10.1. The van der Waals surface area contributed by atoms with E-state index in [0.29, 0.717) is 22.6 Å². The molecule has 0 saturated heterocycles. The number of carbonyl (C=O) groups excluding carboxylic acids is 1. The van der Waals surface area contributed by atoms with Gasteiger partial charge < -0.3 is 14.6 Å². The van der Waals surface area contributed by atoms with E-state index in [2.05, 4.69) is 15.5 Å². The van der Waals surface area contributed by atoms with Gasteiger partial charge in [-0.1, -0.05) is 35.5 Å². The Morgan fingerprint density at radius 3 is 2.55 bits per heavy atom. The molecular weight excluding hydrogens is 373 g/mol. The van der Waals surface area contributed by atoms with Crippen molar-refractivity contribution in [2.75, 3.05) is 12.4 Å². The van der Waals surface area contributed by atoms with Gasteiger partial charge in [-0.2, -0.15) is 4.98 Å². The average Bonchev–Trinajstić information content (AvgIpc) is 3.24. The molecular formula is C22H16FN3O3. The Morgan fingerprint density at radius 2 is 1.76 bits per heavy atom. The van der Waals surface area contributed by atoms with E-state index in [9.17, 15) is 9.18 Å². The van der Waals surface area contributed by atoms with Crippen LogP contribution in [0.15, 0.2) is 77.3 Å². The van der Waals surface area contributed by atoms with Crippen molar-refractivity contribution in [3.8, 4) is 28.6 Å². The van der Waals surface area contributed by atoms with Crippen LogP contribution in [0, 0.1) is 5.82 Å². The lowest BCUT2D eigenvalue weighted by Crippen LogP contribution is -2.13. The van der Waals surface area contributed by atoms with Crippen molar-refractivity contribution in [2.24, 2.45) is 0 Å². The number of halogens is 1. The van der Waals surface area contributed by atoms with Crippen molar-refractivity contribution in [3.05, 3.63) is 84.2 Å². The smallest absolute Gasteiger partial charge is 0.259 e. The first kappa shape index (κ1) is 18.4. The maximum Gasteiger partial charge on any atom is 0.259 e. The highest BCUT2D eigenvalue weighted by molar-refractivity contribution is 6.08. The molecule has 0 radical (unpaired) electrons. The van der Waals surface area contributed by atoms with Gasteiger partial charge in [0, 0.05) is 11.8 Å². The molecule has 1 amide bonds. The van der Waals surface area contributed by atoms with Crippen LogP contribution in [0.3, 0.4) is 0 Å². The Balaban J connectivity index is 1.65. The van der Waals surface area contributed by atoms with Crippen LogP contribution in [0.4, 0.5) is 10.1 Å². The second kappa shape index (κ2) is 7.93. The molecule has 0 bridgehead atoms. The summed E-state index contributed by atoms with van der Waals surface area (Å²) < 4.78 is 24.5. The number of rotatable bonds is 5. The summed E-state index contributed by atoms with van der Waals surface area (Å²) in [5.74, 6) is 0.0617. The highest BCUT2D eigenvalue weighted by Gasteiger charge is 2.19. The molecule has 4 rings (SSSR count). The van der Waals surface area contributed by atoms with Gasteiger partial charge in [-0.05, 0) is 36.4 Å². The van der Waals surface area contributed by atoms with Crippen LogP contribution in [-0.4, -0.2) is 23.2 Å². The molecule has 0 atom stereocenters. The number of benzene rings is 3. The first-order valence-electron chi connectivity index (χ1n) is 8.79. The van der Waals surface area contributed by atoms with Crippen molar-refractivity contribution in [2.45, 2.75) is 0 Å². The number of aromatic nitrogens is 2. The second-order valence-electron chi connectivity index (χ2n) is 6.13. The first-order chi connectivity index (χ1) is 14.2. The molecule has 0 aliphatic heterocycles. The molecule has 29 heavy (non-hydrogen) atoms. The lowest BCUT2D eigenvalue weighted by Gasteiger charge is -2.09. The fourth-order valence-corrected chi connectivity index (χ4v) is 2.85. The summed E-state index contributed by atoms with van der Waals surface area (Å²) in [5.41, 5.74) is 1.60. The molecule has 4 aromatic rings. The quantitative estimate of drug-likeness (QED) is 0.530. The highest BCUT2D eigenvalue weighted by Crippen LogP contribution is 2.27. The predicted molar refractivity (Wildman–Crippen MR) is 106 cm³/mol. The van der Waals surface area contributed by atoms with E-state index < -0.39 is 5.82 Å². The third-order valence-electron chi connectivity index (χ3n) is 4.27. The fourth-order valence-electron chi connectivity index (χ4n) is 2.85. The number of ether oxygens (including phenoxy) is 1. The zero-order valence-electron chi connectivity index (χ0n) is 15.4. The average molecular weight is 389 g/mol. The first-order valence-corrected chi connectivity index (χ1v) is 8.79. The molecule has 1 heterocycles. The van der Waals surface area contributed by atoms with Crippen LogP contribution >= 0.6 is 0 Å². The van der Waals surface area contributed by atoms with Gasteiger partial charge in [0.15, 0.2) is 0 Å². The molecule has 3 aromatic carbocycles. The van der Waals surface area contributed by atoms with E-state index in [1.807, 2.05) is 0 Å². The summed E-state index contributed by atoms with van der Waals surface area (Å²) in [4.78, 5) is 17.1. The minimum absolute atomic E-state index is 0.112. The molecule has 1 aromatic heterocycles. The molecule has 7 heteroatoms. The van der Waals surface area contributed by atoms with Gasteiger partial charge >= 0.3 is 0 Å². The van der Waals surface area contributed by atoms with Crippen molar-refractivity contribution in [1.82, 2.24) is 10.1 Å². The summed E-state index contributed by atoms with van der Waals surface area (Å²) in [5, 5.41) is 6.68. The number of hydrogen-bond acceptors (Lipinski definition) is 5. The Morgan fingerprint density at radius 1 is 1.00 bits per heavy atom. The van der Waals surface area contributed by atoms with Gasteiger partial charge in [-0.3, -0.25) is 4.79 Å². The maximum absolute atomic E-state index is 14.0.